The third kappa shape index (κ3) is 4.49. The number of benzene rings is 1. The summed E-state index contributed by atoms with van der Waals surface area (Å²) < 4.78 is 4.74. The van der Waals surface area contributed by atoms with Crippen molar-refractivity contribution in [2.75, 3.05) is 20.2 Å². The Labute approximate surface area is 110 Å². The number of carbonyl (C=O) groups excluding carboxylic acids is 1. The van der Waals surface area contributed by atoms with Gasteiger partial charge in [0.15, 0.2) is 0 Å². The van der Waals surface area contributed by atoms with Crippen molar-refractivity contribution in [1.82, 2.24) is 4.90 Å². The highest BCUT2D eigenvalue weighted by Gasteiger charge is 2.08. The molecule has 0 aliphatic heterocycles. The van der Waals surface area contributed by atoms with E-state index in [9.17, 15) is 4.79 Å². The topological polar surface area (TPSA) is 29.5 Å². The van der Waals surface area contributed by atoms with Crippen LogP contribution in [0.25, 0.3) is 0 Å². The van der Waals surface area contributed by atoms with Gasteiger partial charge in [-0.3, -0.25) is 4.90 Å². The van der Waals surface area contributed by atoms with E-state index < -0.39 is 0 Å². The molecule has 0 atom stereocenters. The Morgan fingerprint density at radius 1 is 1.22 bits per heavy atom. The molecule has 0 aromatic heterocycles. The highest BCUT2D eigenvalue weighted by molar-refractivity contribution is 5.89. The first-order valence-electron chi connectivity index (χ1n) is 6.60. The van der Waals surface area contributed by atoms with Crippen molar-refractivity contribution in [2.24, 2.45) is 0 Å². The molecule has 18 heavy (non-hydrogen) atoms. The van der Waals surface area contributed by atoms with E-state index in [4.69, 9.17) is 4.74 Å². The fourth-order valence-corrected chi connectivity index (χ4v) is 2.08. The van der Waals surface area contributed by atoms with E-state index in [1.807, 2.05) is 12.1 Å². The zero-order valence-electron chi connectivity index (χ0n) is 11.6. The zero-order chi connectivity index (χ0) is 13.4. The molecule has 0 saturated carbocycles. The van der Waals surface area contributed by atoms with Gasteiger partial charge in [0.25, 0.3) is 0 Å². The molecule has 0 spiro atoms. The SMILES string of the molecule is CCCN(CCC)Cc1cccc(C(=O)OC)c1. The van der Waals surface area contributed by atoms with E-state index in [0.29, 0.717) is 5.56 Å². The van der Waals surface area contributed by atoms with Crippen LogP contribution in [-0.4, -0.2) is 31.1 Å². The van der Waals surface area contributed by atoms with Crippen molar-refractivity contribution in [3.8, 4) is 0 Å². The lowest BCUT2D eigenvalue weighted by Crippen LogP contribution is -2.25. The summed E-state index contributed by atoms with van der Waals surface area (Å²) in [6.07, 6.45) is 2.30. The standard InChI is InChI=1S/C15H23NO2/c1-4-9-16(10-5-2)12-13-7-6-8-14(11-13)15(17)18-3/h6-8,11H,4-5,9-10,12H2,1-3H3. The highest BCUT2D eigenvalue weighted by atomic mass is 16.5. The third-order valence-corrected chi connectivity index (χ3v) is 2.83. The van der Waals surface area contributed by atoms with Gasteiger partial charge in [0.1, 0.15) is 0 Å². The quantitative estimate of drug-likeness (QED) is 0.695. The molecule has 3 heteroatoms. The van der Waals surface area contributed by atoms with E-state index in [-0.39, 0.29) is 5.97 Å². The van der Waals surface area contributed by atoms with Gasteiger partial charge in [0.05, 0.1) is 12.7 Å². The summed E-state index contributed by atoms with van der Waals surface area (Å²) in [5.74, 6) is -0.269. The fourth-order valence-electron chi connectivity index (χ4n) is 2.08. The Bertz CT molecular complexity index is 371. The van der Waals surface area contributed by atoms with Gasteiger partial charge in [-0.25, -0.2) is 4.79 Å². The van der Waals surface area contributed by atoms with E-state index in [0.717, 1.165) is 32.5 Å². The smallest absolute Gasteiger partial charge is 0.337 e. The monoisotopic (exact) mass is 249 g/mol. The van der Waals surface area contributed by atoms with Crippen molar-refractivity contribution in [1.29, 1.82) is 0 Å². The lowest BCUT2D eigenvalue weighted by atomic mass is 10.1. The van der Waals surface area contributed by atoms with Gasteiger partial charge in [-0.05, 0) is 43.6 Å². The van der Waals surface area contributed by atoms with E-state index in [1.54, 1.807) is 6.07 Å². The number of hydrogen-bond donors (Lipinski definition) is 0. The number of esters is 1. The maximum absolute atomic E-state index is 11.5. The average Bonchev–Trinajstić information content (AvgIpc) is 2.39. The minimum atomic E-state index is -0.269. The summed E-state index contributed by atoms with van der Waals surface area (Å²) in [4.78, 5) is 13.9. The fraction of sp³-hybridized carbons (Fsp3) is 0.533. The molecule has 1 aromatic rings. The highest BCUT2D eigenvalue weighted by Crippen LogP contribution is 2.10. The van der Waals surface area contributed by atoms with Gasteiger partial charge >= 0.3 is 5.97 Å². The largest absolute Gasteiger partial charge is 0.465 e. The van der Waals surface area contributed by atoms with Crippen LogP contribution in [0.1, 0.15) is 42.6 Å². The van der Waals surface area contributed by atoms with Crippen LogP contribution in [0.5, 0.6) is 0 Å². The summed E-state index contributed by atoms with van der Waals surface area (Å²) >= 11 is 0. The molecule has 0 aliphatic carbocycles. The molecule has 0 fully saturated rings. The molecule has 0 amide bonds. The van der Waals surface area contributed by atoms with Crippen LogP contribution in [0.2, 0.25) is 0 Å². The normalized spacial score (nSPS) is 10.7. The lowest BCUT2D eigenvalue weighted by Gasteiger charge is -2.21. The summed E-state index contributed by atoms with van der Waals surface area (Å²) in [6.45, 7) is 7.46. The van der Waals surface area contributed by atoms with Crippen molar-refractivity contribution in [3.05, 3.63) is 35.4 Å². The molecule has 100 valence electrons. The van der Waals surface area contributed by atoms with Crippen LogP contribution in [0, 0.1) is 0 Å². The van der Waals surface area contributed by atoms with Crippen molar-refractivity contribution < 1.29 is 9.53 Å². The van der Waals surface area contributed by atoms with Crippen LogP contribution in [0.3, 0.4) is 0 Å². The second kappa shape index (κ2) is 7.88. The molecule has 1 rings (SSSR count). The van der Waals surface area contributed by atoms with Crippen LogP contribution in [-0.2, 0) is 11.3 Å². The molecule has 0 N–H and O–H groups in total. The Kier molecular flexibility index (Phi) is 6.44. The van der Waals surface area contributed by atoms with Crippen LogP contribution in [0.15, 0.2) is 24.3 Å². The van der Waals surface area contributed by atoms with Crippen LogP contribution in [0.4, 0.5) is 0 Å². The summed E-state index contributed by atoms with van der Waals surface area (Å²) in [5.41, 5.74) is 1.79. The Morgan fingerprint density at radius 3 is 2.44 bits per heavy atom. The first kappa shape index (κ1) is 14.7. The maximum Gasteiger partial charge on any atom is 0.337 e. The molecule has 0 radical (unpaired) electrons. The van der Waals surface area contributed by atoms with Crippen molar-refractivity contribution in [2.45, 2.75) is 33.2 Å². The summed E-state index contributed by atoms with van der Waals surface area (Å²) in [7, 11) is 1.41. The predicted octanol–water partition coefficient (Wildman–Crippen LogP) is 3.10. The van der Waals surface area contributed by atoms with Crippen molar-refractivity contribution in [3.63, 3.8) is 0 Å². The molecular weight excluding hydrogens is 226 g/mol. The molecular formula is C15H23NO2. The van der Waals surface area contributed by atoms with Gasteiger partial charge in [-0.15, -0.1) is 0 Å². The van der Waals surface area contributed by atoms with Gasteiger partial charge in [-0.2, -0.15) is 0 Å². The minimum absolute atomic E-state index is 0.269. The van der Waals surface area contributed by atoms with Crippen molar-refractivity contribution >= 4 is 5.97 Å². The lowest BCUT2D eigenvalue weighted by molar-refractivity contribution is 0.0600. The first-order valence-corrected chi connectivity index (χ1v) is 6.60. The Balaban J connectivity index is 2.73. The maximum atomic E-state index is 11.5. The molecule has 1 aromatic carbocycles. The molecule has 3 nitrogen and oxygen atoms in total. The van der Waals surface area contributed by atoms with Crippen LogP contribution >= 0.6 is 0 Å². The Morgan fingerprint density at radius 2 is 1.89 bits per heavy atom. The van der Waals surface area contributed by atoms with E-state index >= 15 is 0 Å². The third-order valence-electron chi connectivity index (χ3n) is 2.83. The van der Waals surface area contributed by atoms with Gasteiger partial charge < -0.3 is 4.74 Å². The number of carbonyl (C=O) groups is 1. The second-order valence-electron chi connectivity index (χ2n) is 4.47. The predicted molar refractivity (Wildman–Crippen MR) is 73.6 cm³/mol. The summed E-state index contributed by atoms with van der Waals surface area (Å²) in [6, 6.07) is 7.69. The van der Waals surface area contributed by atoms with Crippen LogP contribution < -0.4 is 0 Å². The zero-order valence-corrected chi connectivity index (χ0v) is 11.6. The number of nitrogens with zero attached hydrogens (tertiary/aromatic N) is 1. The molecule has 0 aliphatic rings. The number of hydrogen-bond acceptors (Lipinski definition) is 3. The molecule has 0 bridgehead atoms. The Hall–Kier alpha value is -1.35. The first-order chi connectivity index (χ1) is 8.71. The van der Waals surface area contributed by atoms with Gasteiger partial charge in [0, 0.05) is 6.54 Å². The second-order valence-corrected chi connectivity index (χ2v) is 4.47. The molecule has 0 saturated heterocycles. The minimum Gasteiger partial charge on any atom is -0.465 e. The van der Waals surface area contributed by atoms with Gasteiger partial charge in [-0.1, -0.05) is 26.0 Å². The average molecular weight is 249 g/mol. The van der Waals surface area contributed by atoms with E-state index in [2.05, 4.69) is 24.8 Å². The number of ether oxygens (including phenoxy) is 1. The molecule has 0 heterocycles. The van der Waals surface area contributed by atoms with Gasteiger partial charge in [0.2, 0.25) is 0 Å². The molecule has 0 unspecified atom stereocenters. The number of rotatable bonds is 7. The number of methoxy groups -OCH3 is 1. The van der Waals surface area contributed by atoms with E-state index in [1.165, 1.54) is 12.7 Å². The summed E-state index contributed by atoms with van der Waals surface area (Å²) in [5, 5.41) is 0.